The van der Waals surface area contributed by atoms with Gasteiger partial charge in [0.15, 0.2) is 5.13 Å². The Morgan fingerprint density at radius 2 is 2.10 bits per heavy atom. The van der Waals surface area contributed by atoms with Crippen LogP contribution in [-0.2, 0) is 13.1 Å². The van der Waals surface area contributed by atoms with E-state index >= 15 is 0 Å². The summed E-state index contributed by atoms with van der Waals surface area (Å²) < 4.78 is 0. The fourth-order valence-corrected chi connectivity index (χ4v) is 3.59. The van der Waals surface area contributed by atoms with Crippen molar-refractivity contribution in [1.82, 2.24) is 10.3 Å². The lowest BCUT2D eigenvalue weighted by molar-refractivity contribution is 0.768. The number of hydrogen-bond acceptors (Lipinski definition) is 4. The van der Waals surface area contributed by atoms with Gasteiger partial charge in [-0.15, -0.1) is 11.3 Å². The van der Waals surface area contributed by atoms with Gasteiger partial charge in [-0.05, 0) is 25.5 Å². The molecule has 0 radical (unpaired) electrons. The van der Waals surface area contributed by atoms with Gasteiger partial charge < -0.3 is 10.2 Å². The Bertz CT molecular complexity index is 589. The van der Waals surface area contributed by atoms with Crippen LogP contribution in [0.15, 0.2) is 24.3 Å². The van der Waals surface area contributed by atoms with E-state index in [1.54, 1.807) is 11.3 Å². The Morgan fingerprint density at radius 1 is 1.33 bits per heavy atom. The van der Waals surface area contributed by atoms with Crippen molar-refractivity contribution in [2.24, 2.45) is 0 Å². The first kappa shape index (κ1) is 16.0. The van der Waals surface area contributed by atoms with E-state index in [0.717, 1.165) is 18.2 Å². The first-order valence-electron chi connectivity index (χ1n) is 7.42. The van der Waals surface area contributed by atoms with E-state index in [2.05, 4.69) is 62.3 Å². The van der Waals surface area contributed by atoms with Crippen molar-refractivity contribution in [1.29, 1.82) is 0 Å². The normalized spacial score (nSPS) is 11.1. The second kappa shape index (κ2) is 7.05. The first-order valence-corrected chi connectivity index (χ1v) is 8.23. The average Bonchev–Trinajstić information content (AvgIpc) is 2.83. The fraction of sp³-hybridized carbons (Fsp3) is 0.471. The molecule has 1 aromatic carbocycles. The third-order valence-corrected chi connectivity index (χ3v) is 4.61. The lowest BCUT2D eigenvalue weighted by Crippen LogP contribution is -2.16. The molecule has 2 aromatic rings. The van der Waals surface area contributed by atoms with Gasteiger partial charge in [-0.1, -0.05) is 43.7 Å². The van der Waals surface area contributed by atoms with Crippen LogP contribution < -0.4 is 10.2 Å². The van der Waals surface area contributed by atoms with E-state index in [0.29, 0.717) is 5.92 Å². The Kier molecular flexibility index (Phi) is 5.37. The van der Waals surface area contributed by atoms with Crippen LogP contribution in [0.25, 0.3) is 0 Å². The highest BCUT2D eigenvalue weighted by Crippen LogP contribution is 2.30. The highest BCUT2D eigenvalue weighted by Gasteiger charge is 2.16. The van der Waals surface area contributed by atoms with Gasteiger partial charge in [-0.25, -0.2) is 4.98 Å². The van der Waals surface area contributed by atoms with Crippen molar-refractivity contribution in [2.75, 3.05) is 19.0 Å². The monoisotopic (exact) mass is 303 g/mol. The van der Waals surface area contributed by atoms with Crippen LogP contribution in [0.5, 0.6) is 0 Å². The molecule has 1 heterocycles. The molecule has 1 aromatic heterocycles. The fourth-order valence-electron chi connectivity index (χ4n) is 2.40. The van der Waals surface area contributed by atoms with Gasteiger partial charge in [0.25, 0.3) is 0 Å². The quantitative estimate of drug-likeness (QED) is 0.876. The van der Waals surface area contributed by atoms with Crippen LogP contribution in [0.3, 0.4) is 0 Å². The molecule has 0 saturated heterocycles. The molecule has 0 saturated carbocycles. The zero-order valence-electron chi connectivity index (χ0n) is 13.6. The standard InChI is InChI=1S/C17H25N3S/c1-12(2)16-15(10-18-4)21-17(19-16)20(5)11-14-8-6-7-13(3)9-14/h6-9,12,18H,10-11H2,1-5H3. The van der Waals surface area contributed by atoms with Gasteiger partial charge >= 0.3 is 0 Å². The summed E-state index contributed by atoms with van der Waals surface area (Å²) in [6.45, 7) is 8.33. The maximum absolute atomic E-state index is 4.85. The van der Waals surface area contributed by atoms with Gasteiger partial charge in [-0.3, -0.25) is 0 Å². The summed E-state index contributed by atoms with van der Waals surface area (Å²) in [5.74, 6) is 0.464. The van der Waals surface area contributed by atoms with Crippen LogP contribution in [-0.4, -0.2) is 19.1 Å². The average molecular weight is 303 g/mol. The van der Waals surface area contributed by atoms with E-state index in [4.69, 9.17) is 4.98 Å². The number of rotatable bonds is 6. The van der Waals surface area contributed by atoms with E-state index < -0.39 is 0 Å². The summed E-state index contributed by atoms with van der Waals surface area (Å²) in [6, 6.07) is 8.66. The number of thiazole rings is 1. The highest BCUT2D eigenvalue weighted by atomic mass is 32.1. The molecule has 2 rings (SSSR count). The summed E-state index contributed by atoms with van der Waals surface area (Å²) >= 11 is 1.80. The number of benzene rings is 1. The Morgan fingerprint density at radius 3 is 2.71 bits per heavy atom. The molecular weight excluding hydrogens is 278 g/mol. The maximum Gasteiger partial charge on any atom is 0.185 e. The van der Waals surface area contributed by atoms with E-state index in [-0.39, 0.29) is 0 Å². The number of nitrogens with zero attached hydrogens (tertiary/aromatic N) is 2. The van der Waals surface area contributed by atoms with Crippen molar-refractivity contribution in [2.45, 2.75) is 39.8 Å². The number of aromatic nitrogens is 1. The molecule has 0 spiro atoms. The van der Waals surface area contributed by atoms with Gasteiger partial charge in [0.1, 0.15) is 0 Å². The van der Waals surface area contributed by atoms with Crippen LogP contribution in [0.4, 0.5) is 5.13 Å². The van der Waals surface area contributed by atoms with Crippen LogP contribution in [0.2, 0.25) is 0 Å². The highest BCUT2D eigenvalue weighted by molar-refractivity contribution is 7.15. The minimum absolute atomic E-state index is 0.464. The largest absolute Gasteiger partial charge is 0.347 e. The number of anilines is 1. The molecule has 0 aliphatic rings. The third-order valence-electron chi connectivity index (χ3n) is 3.43. The van der Waals surface area contributed by atoms with E-state index in [1.165, 1.54) is 21.7 Å². The zero-order chi connectivity index (χ0) is 15.4. The minimum Gasteiger partial charge on any atom is -0.347 e. The van der Waals surface area contributed by atoms with Crippen LogP contribution in [0.1, 0.15) is 41.5 Å². The molecule has 0 amide bonds. The molecule has 4 heteroatoms. The molecule has 0 fully saturated rings. The van der Waals surface area contributed by atoms with Crippen molar-refractivity contribution in [3.63, 3.8) is 0 Å². The van der Waals surface area contributed by atoms with E-state index in [9.17, 15) is 0 Å². The van der Waals surface area contributed by atoms with Gasteiger partial charge in [0.05, 0.1) is 5.69 Å². The zero-order valence-corrected chi connectivity index (χ0v) is 14.4. The summed E-state index contributed by atoms with van der Waals surface area (Å²) in [4.78, 5) is 8.44. The predicted molar refractivity (Wildman–Crippen MR) is 92.3 cm³/mol. The smallest absolute Gasteiger partial charge is 0.185 e. The van der Waals surface area contributed by atoms with Gasteiger partial charge in [-0.2, -0.15) is 0 Å². The van der Waals surface area contributed by atoms with Crippen LogP contribution in [0, 0.1) is 6.92 Å². The number of nitrogens with one attached hydrogen (secondary N) is 1. The van der Waals surface area contributed by atoms with Crippen molar-refractivity contribution in [3.8, 4) is 0 Å². The third kappa shape index (κ3) is 4.05. The molecular formula is C17H25N3S. The number of hydrogen-bond donors (Lipinski definition) is 1. The summed E-state index contributed by atoms with van der Waals surface area (Å²) in [5, 5.41) is 4.34. The lowest BCUT2D eigenvalue weighted by Gasteiger charge is -2.16. The molecule has 0 atom stereocenters. The Balaban J connectivity index is 2.18. The van der Waals surface area contributed by atoms with E-state index in [1.807, 2.05) is 7.05 Å². The molecule has 0 aliphatic carbocycles. The Labute approximate surface area is 132 Å². The molecule has 21 heavy (non-hydrogen) atoms. The second-order valence-corrected chi connectivity index (χ2v) is 6.90. The van der Waals surface area contributed by atoms with Crippen molar-refractivity contribution < 1.29 is 0 Å². The summed E-state index contributed by atoms with van der Waals surface area (Å²) in [5.41, 5.74) is 3.85. The van der Waals surface area contributed by atoms with Gasteiger partial charge in [0, 0.05) is 25.0 Å². The summed E-state index contributed by atoms with van der Waals surface area (Å²) in [7, 11) is 4.11. The molecule has 1 N–H and O–H groups in total. The molecule has 0 aliphatic heterocycles. The van der Waals surface area contributed by atoms with Crippen molar-refractivity contribution in [3.05, 3.63) is 46.0 Å². The number of aryl methyl sites for hydroxylation is 1. The summed E-state index contributed by atoms with van der Waals surface area (Å²) in [6.07, 6.45) is 0. The topological polar surface area (TPSA) is 28.2 Å². The first-order chi connectivity index (χ1) is 10.0. The second-order valence-electron chi connectivity index (χ2n) is 5.84. The lowest BCUT2D eigenvalue weighted by atomic mass is 10.1. The Hall–Kier alpha value is -1.39. The van der Waals surface area contributed by atoms with Crippen LogP contribution >= 0.6 is 11.3 Å². The molecule has 0 unspecified atom stereocenters. The maximum atomic E-state index is 4.85. The predicted octanol–water partition coefficient (Wildman–Crippen LogP) is 3.93. The SMILES string of the molecule is CNCc1sc(N(C)Cc2cccc(C)c2)nc1C(C)C. The molecule has 3 nitrogen and oxygen atoms in total. The van der Waals surface area contributed by atoms with Gasteiger partial charge in [0.2, 0.25) is 0 Å². The minimum atomic E-state index is 0.464. The van der Waals surface area contributed by atoms with Crippen molar-refractivity contribution >= 4 is 16.5 Å². The molecule has 114 valence electrons. The molecule has 0 bridgehead atoms.